The Morgan fingerprint density at radius 1 is 0.969 bits per heavy atom. The molecular weight excluding hydrogens is 410 g/mol. The Morgan fingerprint density at radius 2 is 1.59 bits per heavy atom. The van der Waals surface area contributed by atoms with E-state index in [1.807, 2.05) is 29.2 Å². The van der Waals surface area contributed by atoms with Crippen molar-refractivity contribution in [2.45, 2.75) is 19.3 Å². The first-order chi connectivity index (χ1) is 15.6. The fourth-order valence-electron chi connectivity index (χ4n) is 3.90. The lowest BCUT2D eigenvalue weighted by molar-refractivity contribution is 0.0686. The van der Waals surface area contributed by atoms with Crippen LogP contribution in [0.15, 0.2) is 47.0 Å². The van der Waals surface area contributed by atoms with E-state index in [0.717, 1.165) is 24.2 Å². The number of piperidine rings is 1. The molecule has 1 aliphatic rings. The van der Waals surface area contributed by atoms with Gasteiger partial charge in [0.05, 0.1) is 21.3 Å². The first-order valence-corrected chi connectivity index (χ1v) is 10.6. The molecule has 0 atom stereocenters. The first-order valence-electron chi connectivity index (χ1n) is 10.6. The highest BCUT2D eigenvalue weighted by Crippen LogP contribution is 2.27. The maximum Gasteiger partial charge on any atom is 0.254 e. The average molecular weight is 437 g/mol. The van der Waals surface area contributed by atoms with E-state index in [0.29, 0.717) is 54.2 Å². The van der Waals surface area contributed by atoms with Crippen LogP contribution >= 0.6 is 0 Å². The summed E-state index contributed by atoms with van der Waals surface area (Å²) in [6.07, 6.45) is 2.47. The molecule has 0 N–H and O–H groups in total. The van der Waals surface area contributed by atoms with Crippen molar-refractivity contribution in [3.05, 3.63) is 53.9 Å². The van der Waals surface area contributed by atoms with Crippen molar-refractivity contribution in [1.82, 2.24) is 15.0 Å². The second-order valence-electron chi connectivity index (χ2n) is 7.78. The normalized spacial score (nSPS) is 14.3. The summed E-state index contributed by atoms with van der Waals surface area (Å²) in [6.45, 7) is 1.37. The zero-order valence-corrected chi connectivity index (χ0v) is 18.5. The minimum Gasteiger partial charge on any atom is -0.497 e. The lowest BCUT2D eigenvalue weighted by Gasteiger charge is -2.31. The predicted octanol–water partition coefficient (Wildman–Crippen LogP) is 3.86. The fourth-order valence-corrected chi connectivity index (χ4v) is 3.90. The SMILES string of the molecule is COc1ccc(-c2noc(CC3CCN(C(=O)c4cc(OC)cc(OC)c4)CC3)n2)cc1. The second kappa shape index (κ2) is 9.72. The summed E-state index contributed by atoms with van der Waals surface area (Å²) in [5, 5.41) is 4.11. The van der Waals surface area contributed by atoms with Crippen LogP contribution in [0, 0.1) is 5.92 Å². The van der Waals surface area contributed by atoms with Crippen LogP contribution in [0.5, 0.6) is 17.2 Å². The molecule has 8 heteroatoms. The lowest BCUT2D eigenvalue weighted by Crippen LogP contribution is -2.39. The van der Waals surface area contributed by atoms with Gasteiger partial charge in [0.15, 0.2) is 0 Å². The first kappa shape index (κ1) is 21.7. The smallest absolute Gasteiger partial charge is 0.254 e. The van der Waals surface area contributed by atoms with Crippen LogP contribution in [0.25, 0.3) is 11.4 Å². The van der Waals surface area contributed by atoms with Gasteiger partial charge in [0.2, 0.25) is 11.7 Å². The van der Waals surface area contributed by atoms with Crippen molar-refractivity contribution in [2.24, 2.45) is 5.92 Å². The number of rotatable bonds is 7. The number of aromatic nitrogens is 2. The largest absolute Gasteiger partial charge is 0.497 e. The topological polar surface area (TPSA) is 86.9 Å². The van der Waals surface area contributed by atoms with Gasteiger partial charge in [0, 0.05) is 36.7 Å². The van der Waals surface area contributed by atoms with Gasteiger partial charge < -0.3 is 23.6 Å². The maximum atomic E-state index is 13.0. The number of hydrogen-bond acceptors (Lipinski definition) is 7. The Labute approximate surface area is 187 Å². The summed E-state index contributed by atoms with van der Waals surface area (Å²) in [5.41, 5.74) is 1.45. The van der Waals surface area contributed by atoms with Crippen LogP contribution in [0.2, 0.25) is 0 Å². The molecule has 0 spiro atoms. The summed E-state index contributed by atoms with van der Waals surface area (Å²) in [7, 11) is 4.78. The van der Waals surface area contributed by atoms with Crippen molar-refractivity contribution >= 4 is 5.91 Å². The Kier molecular flexibility index (Phi) is 6.58. The number of ether oxygens (including phenoxy) is 3. The molecule has 3 aromatic rings. The Balaban J connectivity index is 1.34. The molecule has 2 aromatic carbocycles. The highest BCUT2D eigenvalue weighted by molar-refractivity contribution is 5.95. The minimum atomic E-state index is -0.0137. The van der Waals surface area contributed by atoms with Crippen LogP contribution in [0.4, 0.5) is 0 Å². The van der Waals surface area contributed by atoms with Gasteiger partial charge in [-0.15, -0.1) is 0 Å². The number of carbonyl (C=O) groups is 1. The zero-order valence-electron chi connectivity index (χ0n) is 18.5. The van der Waals surface area contributed by atoms with E-state index in [9.17, 15) is 4.79 Å². The maximum absolute atomic E-state index is 13.0. The number of carbonyl (C=O) groups excluding carboxylic acids is 1. The summed E-state index contributed by atoms with van der Waals surface area (Å²) in [4.78, 5) is 19.4. The molecule has 168 valence electrons. The van der Waals surface area contributed by atoms with Gasteiger partial charge >= 0.3 is 0 Å². The third-order valence-electron chi connectivity index (χ3n) is 5.78. The molecule has 0 saturated carbocycles. The van der Waals surface area contributed by atoms with Gasteiger partial charge in [0.25, 0.3) is 5.91 Å². The quantitative estimate of drug-likeness (QED) is 0.555. The third kappa shape index (κ3) is 4.85. The number of nitrogens with zero attached hydrogens (tertiary/aromatic N) is 3. The molecule has 1 amide bonds. The molecule has 32 heavy (non-hydrogen) atoms. The molecule has 1 aromatic heterocycles. The van der Waals surface area contributed by atoms with Crippen molar-refractivity contribution in [2.75, 3.05) is 34.4 Å². The van der Waals surface area contributed by atoms with E-state index in [-0.39, 0.29) is 5.91 Å². The highest BCUT2D eigenvalue weighted by Gasteiger charge is 2.26. The predicted molar refractivity (Wildman–Crippen MR) is 118 cm³/mol. The molecular formula is C24H27N3O5. The van der Waals surface area contributed by atoms with E-state index in [2.05, 4.69) is 10.1 Å². The molecule has 4 rings (SSSR count). The fraction of sp³-hybridized carbons (Fsp3) is 0.375. The molecule has 0 radical (unpaired) electrons. The van der Waals surface area contributed by atoms with E-state index in [1.165, 1.54) is 0 Å². The van der Waals surface area contributed by atoms with Crippen LogP contribution in [-0.4, -0.2) is 55.4 Å². The Hall–Kier alpha value is -3.55. The van der Waals surface area contributed by atoms with E-state index in [1.54, 1.807) is 39.5 Å². The Bertz CT molecular complexity index is 1030. The summed E-state index contributed by atoms with van der Waals surface area (Å²) in [6, 6.07) is 12.8. The van der Waals surface area contributed by atoms with Gasteiger partial charge in [-0.2, -0.15) is 4.98 Å². The summed E-state index contributed by atoms with van der Waals surface area (Å²) in [5.74, 6) is 3.56. The number of methoxy groups -OCH3 is 3. The molecule has 0 aliphatic carbocycles. The van der Waals surface area contributed by atoms with Crippen LogP contribution in [0.3, 0.4) is 0 Å². The standard InChI is InChI=1S/C24H27N3O5/c1-29-19-6-4-17(5-7-19)23-25-22(32-26-23)12-16-8-10-27(11-9-16)24(28)18-13-20(30-2)15-21(14-18)31-3/h4-7,13-16H,8-12H2,1-3H3. The van der Waals surface area contributed by atoms with Gasteiger partial charge in [-0.25, -0.2) is 0 Å². The molecule has 2 heterocycles. The summed E-state index contributed by atoms with van der Waals surface area (Å²) >= 11 is 0. The molecule has 0 bridgehead atoms. The van der Waals surface area contributed by atoms with Gasteiger partial charge in [-0.3, -0.25) is 4.79 Å². The van der Waals surface area contributed by atoms with Gasteiger partial charge in [0.1, 0.15) is 17.2 Å². The van der Waals surface area contributed by atoms with Crippen LogP contribution in [-0.2, 0) is 6.42 Å². The zero-order chi connectivity index (χ0) is 22.5. The summed E-state index contributed by atoms with van der Waals surface area (Å²) < 4.78 is 21.2. The second-order valence-corrected chi connectivity index (χ2v) is 7.78. The average Bonchev–Trinajstić information content (AvgIpc) is 3.32. The van der Waals surface area contributed by atoms with Crippen molar-refractivity contribution in [1.29, 1.82) is 0 Å². The molecule has 1 fully saturated rings. The van der Waals surface area contributed by atoms with E-state index >= 15 is 0 Å². The van der Waals surface area contributed by atoms with Gasteiger partial charge in [-0.1, -0.05) is 5.16 Å². The van der Waals surface area contributed by atoms with E-state index in [4.69, 9.17) is 18.7 Å². The molecule has 0 unspecified atom stereocenters. The Morgan fingerprint density at radius 3 is 2.19 bits per heavy atom. The van der Waals surface area contributed by atoms with Crippen molar-refractivity contribution < 1.29 is 23.5 Å². The number of benzene rings is 2. The molecule has 1 aliphatic heterocycles. The van der Waals surface area contributed by atoms with Crippen LogP contribution in [0.1, 0.15) is 29.1 Å². The van der Waals surface area contributed by atoms with Crippen LogP contribution < -0.4 is 14.2 Å². The molecule has 1 saturated heterocycles. The van der Waals surface area contributed by atoms with Gasteiger partial charge in [-0.05, 0) is 55.2 Å². The van der Waals surface area contributed by atoms with E-state index < -0.39 is 0 Å². The highest BCUT2D eigenvalue weighted by atomic mass is 16.5. The number of amides is 1. The third-order valence-corrected chi connectivity index (χ3v) is 5.78. The van der Waals surface area contributed by atoms with Crippen molar-refractivity contribution in [3.63, 3.8) is 0 Å². The molecule has 8 nitrogen and oxygen atoms in total. The number of hydrogen-bond donors (Lipinski definition) is 0. The lowest BCUT2D eigenvalue weighted by atomic mass is 9.93. The van der Waals surface area contributed by atoms with Crippen molar-refractivity contribution in [3.8, 4) is 28.6 Å². The monoisotopic (exact) mass is 437 g/mol. The number of likely N-dealkylation sites (tertiary alicyclic amines) is 1. The minimum absolute atomic E-state index is 0.0137.